The summed E-state index contributed by atoms with van der Waals surface area (Å²) in [6.07, 6.45) is 0.445. The smallest absolute Gasteiger partial charge is 0.264 e. The Morgan fingerprint density at radius 3 is 2.53 bits per heavy atom. The fraction of sp³-hybridized carbons (Fsp3) is 0.615. The fourth-order valence-corrected chi connectivity index (χ4v) is 1.71. The second kappa shape index (κ2) is 6.47. The van der Waals surface area contributed by atoms with Crippen LogP contribution in [-0.2, 0) is 0 Å². The lowest BCUT2D eigenvalue weighted by Crippen LogP contribution is -2.37. The van der Waals surface area contributed by atoms with Crippen LogP contribution in [-0.4, -0.2) is 33.6 Å². The van der Waals surface area contributed by atoms with Gasteiger partial charge in [-0.15, -0.1) is 0 Å². The summed E-state index contributed by atoms with van der Waals surface area (Å²) in [5.74, 6) is 0.210. The molecule has 0 saturated heterocycles. The van der Waals surface area contributed by atoms with Crippen molar-refractivity contribution in [1.82, 2.24) is 15.3 Å². The maximum Gasteiger partial charge on any atom is 0.264 e. The molecule has 1 amide bonds. The quantitative estimate of drug-likeness (QED) is 0.732. The summed E-state index contributed by atoms with van der Waals surface area (Å²) in [7, 11) is 0. The highest BCUT2D eigenvalue weighted by Crippen LogP contribution is 2.08. The second-order valence-corrected chi connectivity index (χ2v) is 4.95. The highest BCUT2D eigenvalue weighted by atomic mass is 16.3. The van der Waals surface area contributed by atoms with E-state index in [9.17, 15) is 9.59 Å². The molecule has 3 N–H and O–H groups in total. The summed E-state index contributed by atoms with van der Waals surface area (Å²) in [6, 6.07) is -0.193. The number of aromatic nitrogens is 2. The summed E-state index contributed by atoms with van der Waals surface area (Å²) >= 11 is 0. The van der Waals surface area contributed by atoms with Crippen LogP contribution in [0, 0.1) is 6.92 Å². The zero-order valence-electron chi connectivity index (χ0n) is 11.8. The standard InChI is InChI=1S/C13H21N3O3/c1-7(2)11-15-9(4)10(13(19)16-11)12(18)14-8(3)5-6-17/h7-8,17H,5-6H2,1-4H3,(H,14,18)(H,15,16,19). The molecular weight excluding hydrogens is 246 g/mol. The molecule has 1 heterocycles. The van der Waals surface area contributed by atoms with Crippen LogP contribution in [0.5, 0.6) is 0 Å². The van der Waals surface area contributed by atoms with Crippen molar-refractivity contribution in [2.75, 3.05) is 6.61 Å². The van der Waals surface area contributed by atoms with Crippen molar-refractivity contribution in [3.05, 3.63) is 27.4 Å². The van der Waals surface area contributed by atoms with E-state index in [1.54, 1.807) is 13.8 Å². The molecule has 1 unspecified atom stereocenters. The van der Waals surface area contributed by atoms with Gasteiger partial charge < -0.3 is 15.4 Å². The number of hydrogen-bond acceptors (Lipinski definition) is 4. The molecule has 1 aromatic heterocycles. The summed E-state index contributed by atoms with van der Waals surface area (Å²) in [5.41, 5.74) is 0.0280. The zero-order chi connectivity index (χ0) is 14.6. The van der Waals surface area contributed by atoms with Crippen LogP contribution >= 0.6 is 0 Å². The van der Waals surface area contributed by atoms with Gasteiger partial charge in [-0.1, -0.05) is 13.8 Å². The Kier molecular flexibility index (Phi) is 5.23. The predicted molar refractivity (Wildman–Crippen MR) is 72.3 cm³/mol. The van der Waals surface area contributed by atoms with Gasteiger partial charge in [0.15, 0.2) is 0 Å². The van der Waals surface area contributed by atoms with Crippen molar-refractivity contribution < 1.29 is 9.90 Å². The van der Waals surface area contributed by atoms with Crippen LogP contribution in [0.1, 0.15) is 55.0 Å². The fourth-order valence-electron chi connectivity index (χ4n) is 1.71. The van der Waals surface area contributed by atoms with Gasteiger partial charge in [0.2, 0.25) is 0 Å². The number of aliphatic hydroxyl groups excluding tert-OH is 1. The molecule has 0 aromatic carbocycles. The Hall–Kier alpha value is -1.69. The summed E-state index contributed by atoms with van der Waals surface area (Å²) in [6.45, 7) is 7.24. The van der Waals surface area contributed by atoms with Crippen molar-refractivity contribution in [3.63, 3.8) is 0 Å². The van der Waals surface area contributed by atoms with Gasteiger partial charge in [-0.3, -0.25) is 9.59 Å². The van der Waals surface area contributed by atoms with E-state index < -0.39 is 11.5 Å². The van der Waals surface area contributed by atoms with E-state index in [0.29, 0.717) is 17.9 Å². The van der Waals surface area contributed by atoms with Crippen LogP contribution in [0.15, 0.2) is 4.79 Å². The number of nitrogens with zero attached hydrogens (tertiary/aromatic N) is 1. The molecule has 0 saturated carbocycles. The number of carbonyl (C=O) groups is 1. The highest BCUT2D eigenvalue weighted by Gasteiger charge is 2.18. The van der Waals surface area contributed by atoms with Crippen LogP contribution in [0.4, 0.5) is 0 Å². The van der Waals surface area contributed by atoms with Crippen molar-refractivity contribution in [1.29, 1.82) is 0 Å². The minimum Gasteiger partial charge on any atom is -0.396 e. The van der Waals surface area contributed by atoms with Gasteiger partial charge in [-0.05, 0) is 20.3 Å². The average Bonchev–Trinajstić information content (AvgIpc) is 2.27. The summed E-state index contributed by atoms with van der Waals surface area (Å²) < 4.78 is 0. The Bertz CT molecular complexity index is 508. The molecule has 0 aliphatic heterocycles. The number of aryl methyl sites for hydroxylation is 1. The molecule has 1 rings (SSSR count). The van der Waals surface area contributed by atoms with Gasteiger partial charge in [-0.2, -0.15) is 0 Å². The maximum atomic E-state index is 12.0. The number of hydrogen-bond donors (Lipinski definition) is 3. The van der Waals surface area contributed by atoms with Crippen LogP contribution in [0.3, 0.4) is 0 Å². The molecule has 106 valence electrons. The summed E-state index contributed by atoms with van der Waals surface area (Å²) in [5, 5.41) is 11.5. The first-order chi connectivity index (χ1) is 8.86. The first-order valence-electron chi connectivity index (χ1n) is 6.39. The van der Waals surface area contributed by atoms with Crippen LogP contribution in [0.25, 0.3) is 0 Å². The van der Waals surface area contributed by atoms with E-state index >= 15 is 0 Å². The molecule has 0 aliphatic rings. The normalized spacial score (nSPS) is 12.5. The molecule has 6 nitrogen and oxygen atoms in total. The number of nitrogens with one attached hydrogen (secondary N) is 2. The van der Waals surface area contributed by atoms with Crippen molar-refractivity contribution >= 4 is 5.91 Å². The molecule has 1 atom stereocenters. The Labute approximate surface area is 112 Å². The van der Waals surface area contributed by atoms with E-state index in [1.807, 2.05) is 13.8 Å². The molecule has 19 heavy (non-hydrogen) atoms. The molecular formula is C13H21N3O3. The van der Waals surface area contributed by atoms with E-state index in [1.165, 1.54) is 0 Å². The Balaban J connectivity index is 3.01. The number of rotatable bonds is 5. The van der Waals surface area contributed by atoms with E-state index in [0.717, 1.165) is 0 Å². The van der Waals surface area contributed by atoms with Crippen LogP contribution in [0.2, 0.25) is 0 Å². The lowest BCUT2D eigenvalue weighted by atomic mass is 10.1. The number of carbonyl (C=O) groups excluding carboxylic acids is 1. The van der Waals surface area contributed by atoms with E-state index in [-0.39, 0.29) is 24.1 Å². The van der Waals surface area contributed by atoms with Crippen molar-refractivity contribution in [3.8, 4) is 0 Å². The largest absolute Gasteiger partial charge is 0.396 e. The Morgan fingerprint density at radius 2 is 2.05 bits per heavy atom. The van der Waals surface area contributed by atoms with Crippen molar-refractivity contribution in [2.45, 2.75) is 46.1 Å². The zero-order valence-corrected chi connectivity index (χ0v) is 11.8. The lowest BCUT2D eigenvalue weighted by molar-refractivity contribution is 0.0931. The molecule has 0 bridgehead atoms. The third kappa shape index (κ3) is 3.89. The molecule has 0 spiro atoms. The van der Waals surface area contributed by atoms with Crippen LogP contribution < -0.4 is 10.9 Å². The van der Waals surface area contributed by atoms with Crippen molar-refractivity contribution in [2.24, 2.45) is 0 Å². The number of H-pyrrole nitrogens is 1. The number of aliphatic hydroxyl groups is 1. The second-order valence-electron chi connectivity index (χ2n) is 4.95. The SMILES string of the molecule is Cc1nc(C(C)C)[nH]c(=O)c1C(=O)NC(C)CCO. The van der Waals surface area contributed by atoms with E-state index in [4.69, 9.17) is 5.11 Å². The third-order valence-electron chi connectivity index (χ3n) is 2.83. The maximum absolute atomic E-state index is 12.0. The van der Waals surface area contributed by atoms with Gasteiger partial charge in [0, 0.05) is 18.6 Å². The predicted octanol–water partition coefficient (Wildman–Crippen LogP) is 0.702. The topological polar surface area (TPSA) is 95.1 Å². The Morgan fingerprint density at radius 1 is 1.42 bits per heavy atom. The van der Waals surface area contributed by atoms with Gasteiger partial charge in [0.1, 0.15) is 11.4 Å². The summed E-state index contributed by atoms with van der Waals surface area (Å²) in [4.78, 5) is 30.8. The average molecular weight is 267 g/mol. The van der Waals surface area contributed by atoms with Gasteiger partial charge in [0.25, 0.3) is 11.5 Å². The lowest BCUT2D eigenvalue weighted by Gasteiger charge is -2.13. The number of aromatic amines is 1. The third-order valence-corrected chi connectivity index (χ3v) is 2.83. The first-order valence-corrected chi connectivity index (χ1v) is 6.39. The molecule has 1 aromatic rings. The number of amides is 1. The molecule has 0 aliphatic carbocycles. The molecule has 6 heteroatoms. The van der Waals surface area contributed by atoms with Gasteiger partial charge >= 0.3 is 0 Å². The van der Waals surface area contributed by atoms with E-state index in [2.05, 4.69) is 15.3 Å². The monoisotopic (exact) mass is 267 g/mol. The molecule has 0 fully saturated rings. The molecule has 0 radical (unpaired) electrons. The minimum atomic E-state index is -0.456. The highest BCUT2D eigenvalue weighted by molar-refractivity contribution is 5.94. The minimum absolute atomic E-state index is 0.0126. The first kappa shape index (κ1) is 15.4. The van der Waals surface area contributed by atoms with Gasteiger partial charge in [0.05, 0.1) is 5.69 Å². The van der Waals surface area contributed by atoms with Gasteiger partial charge in [-0.25, -0.2) is 4.98 Å².